The summed E-state index contributed by atoms with van der Waals surface area (Å²) < 4.78 is 8.79. The van der Waals surface area contributed by atoms with Gasteiger partial charge in [0.25, 0.3) is 0 Å². The van der Waals surface area contributed by atoms with Crippen molar-refractivity contribution in [3.05, 3.63) is 158 Å². The highest BCUT2D eigenvalue weighted by molar-refractivity contribution is 7.25. The number of furan rings is 1. The zero-order valence-electron chi connectivity index (χ0n) is 24.2. The quantitative estimate of drug-likeness (QED) is 0.198. The standard InChI is InChI=1S/C41H26N2OS/c1-2-8-27(9-3-1)28-14-18-30(19-15-28)43(32-22-23-34-33-10-4-6-12-38(33)44-39(34)24-32)31-20-16-29(17-21-31)37-25-36-35-11-5-7-13-40(35)45-41(36)26-42-37/h1-26H. The van der Waals surface area contributed by atoms with Crippen molar-refractivity contribution < 1.29 is 4.42 Å². The fourth-order valence-electron chi connectivity index (χ4n) is 6.30. The van der Waals surface area contributed by atoms with E-state index in [0.717, 1.165) is 50.3 Å². The van der Waals surface area contributed by atoms with Gasteiger partial charge in [-0.25, -0.2) is 0 Å². The number of anilines is 3. The van der Waals surface area contributed by atoms with E-state index in [2.05, 4.69) is 138 Å². The lowest BCUT2D eigenvalue weighted by atomic mass is 10.0. The molecule has 0 N–H and O–H groups in total. The van der Waals surface area contributed by atoms with Crippen LogP contribution in [0.25, 0.3) is 64.5 Å². The maximum atomic E-state index is 6.29. The molecule has 0 bridgehead atoms. The number of rotatable bonds is 5. The Morgan fingerprint density at radius 1 is 0.444 bits per heavy atom. The molecule has 0 aliphatic carbocycles. The number of para-hydroxylation sites is 1. The fraction of sp³-hybridized carbons (Fsp3) is 0. The predicted octanol–water partition coefficient (Wildman–Crippen LogP) is 12.2. The monoisotopic (exact) mass is 594 g/mol. The number of thiophene rings is 1. The number of hydrogen-bond donors (Lipinski definition) is 0. The molecule has 9 aromatic rings. The number of pyridine rings is 1. The number of nitrogens with zero attached hydrogens (tertiary/aromatic N) is 2. The Hall–Kier alpha value is -5.71. The van der Waals surface area contributed by atoms with Gasteiger partial charge >= 0.3 is 0 Å². The molecule has 0 saturated heterocycles. The van der Waals surface area contributed by atoms with Crippen LogP contribution in [0.15, 0.2) is 162 Å². The van der Waals surface area contributed by atoms with Crippen molar-refractivity contribution in [1.29, 1.82) is 0 Å². The van der Waals surface area contributed by atoms with E-state index in [1.807, 2.05) is 24.4 Å². The average molecular weight is 595 g/mol. The van der Waals surface area contributed by atoms with Crippen molar-refractivity contribution in [2.75, 3.05) is 4.90 Å². The molecule has 0 unspecified atom stereocenters. The largest absolute Gasteiger partial charge is 0.456 e. The van der Waals surface area contributed by atoms with Gasteiger partial charge in [0.2, 0.25) is 0 Å². The highest BCUT2D eigenvalue weighted by atomic mass is 32.1. The van der Waals surface area contributed by atoms with Crippen LogP contribution in [0.4, 0.5) is 17.1 Å². The first kappa shape index (κ1) is 25.8. The molecular formula is C41H26N2OS. The van der Waals surface area contributed by atoms with E-state index >= 15 is 0 Å². The molecule has 0 radical (unpaired) electrons. The lowest BCUT2D eigenvalue weighted by Gasteiger charge is -2.26. The van der Waals surface area contributed by atoms with Crippen LogP contribution in [-0.2, 0) is 0 Å². The Labute approximate surface area is 264 Å². The van der Waals surface area contributed by atoms with Crippen molar-refractivity contribution in [2.45, 2.75) is 0 Å². The van der Waals surface area contributed by atoms with E-state index in [1.165, 1.54) is 31.3 Å². The molecule has 0 saturated carbocycles. The number of hydrogen-bond acceptors (Lipinski definition) is 4. The van der Waals surface area contributed by atoms with E-state index in [9.17, 15) is 0 Å². The third-order valence-electron chi connectivity index (χ3n) is 8.54. The highest BCUT2D eigenvalue weighted by Gasteiger charge is 2.16. The van der Waals surface area contributed by atoms with E-state index in [4.69, 9.17) is 9.40 Å². The number of fused-ring (bicyclic) bond motifs is 6. The summed E-state index contributed by atoms with van der Waals surface area (Å²) in [6, 6.07) is 53.5. The van der Waals surface area contributed by atoms with Gasteiger partial charge < -0.3 is 9.32 Å². The molecule has 0 spiro atoms. The van der Waals surface area contributed by atoms with Crippen molar-refractivity contribution in [1.82, 2.24) is 4.98 Å². The lowest BCUT2D eigenvalue weighted by molar-refractivity contribution is 0.669. The van der Waals surface area contributed by atoms with Gasteiger partial charge in [-0.3, -0.25) is 4.98 Å². The van der Waals surface area contributed by atoms with Gasteiger partial charge in [-0.2, -0.15) is 0 Å². The minimum absolute atomic E-state index is 0.872. The zero-order valence-corrected chi connectivity index (χ0v) is 25.0. The van der Waals surface area contributed by atoms with E-state index < -0.39 is 0 Å². The second kappa shape index (κ2) is 10.5. The van der Waals surface area contributed by atoms with Crippen LogP contribution < -0.4 is 4.90 Å². The molecule has 9 rings (SSSR count). The summed E-state index contributed by atoms with van der Waals surface area (Å²) in [6.07, 6.45) is 2.01. The van der Waals surface area contributed by atoms with E-state index in [1.54, 1.807) is 11.3 Å². The third kappa shape index (κ3) is 4.46. The van der Waals surface area contributed by atoms with Gasteiger partial charge in [0, 0.05) is 61.1 Å². The Morgan fingerprint density at radius 3 is 1.87 bits per heavy atom. The smallest absolute Gasteiger partial charge is 0.137 e. The Bertz CT molecular complexity index is 2480. The van der Waals surface area contributed by atoms with Crippen LogP contribution in [0.2, 0.25) is 0 Å². The summed E-state index contributed by atoms with van der Waals surface area (Å²) in [5.41, 5.74) is 9.38. The van der Waals surface area contributed by atoms with Crippen LogP contribution in [-0.4, -0.2) is 4.98 Å². The van der Waals surface area contributed by atoms with Crippen molar-refractivity contribution in [3.8, 4) is 22.4 Å². The molecule has 3 nitrogen and oxygen atoms in total. The first-order valence-corrected chi connectivity index (χ1v) is 15.8. The Morgan fingerprint density at radius 2 is 1.07 bits per heavy atom. The van der Waals surface area contributed by atoms with Gasteiger partial charge in [0.1, 0.15) is 11.2 Å². The van der Waals surface area contributed by atoms with Crippen LogP contribution in [0, 0.1) is 0 Å². The van der Waals surface area contributed by atoms with Gasteiger partial charge in [-0.15, -0.1) is 11.3 Å². The molecule has 6 aromatic carbocycles. The average Bonchev–Trinajstić information content (AvgIpc) is 3.67. The molecule has 0 aliphatic rings. The molecule has 4 heteroatoms. The minimum atomic E-state index is 0.872. The van der Waals surface area contributed by atoms with Gasteiger partial charge in [-0.1, -0.05) is 91.0 Å². The summed E-state index contributed by atoms with van der Waals surface area (Å²) in [6.45, 7) is 0. The molecule has 3 aromatic heterocycles. The first-order chi connectivity index (χ1) is 22.3. The van der Waals surface area contributed by atoms with Gasteiger partial charge in [-0.05, 0) is 65.7 Å². The third-order valence-corrected chi connectivity index (χ3v) is 9.66. The number of benzene rings is 6. The van der Waals surface area contributed by atoms with Crippen molar-refractivity contribution in [2.24, 2.45) is 0 Å². The Kier molecular flexibility index (Phi) is 6.00. The van der Waals surface area contributed by atoms with Crippen LogP contribution in [0.3, 0.4) is 0 Å². The molecule has 0 amide bonds. The molecule has 3 heterocycles. The molecule has 0 atom stereocenters. The second-order valence-corrected chi connectivity index (χ2v) is 12.3. The SMILES string of the molecule is c1ccc(-c2ccc(N(c3ccc(-c4cc5c(cn4)sc4ccccc45)cc3)c3ccc4c(c3)oc3ccccc34)cc2)cc1. The molecular weight excluding hydrogens is 569 g/mol. The maximum absolute atomic E-state index is 6.29. The van der Waals surface area contributed by atoms with E-state index in [-0.39, 0.29) is 0 Å². The lowest BCUT2D eigenvalue weighted by Crippen LogP contribution is -2.09. The predicted molar refractivity (Wildman–Crippen MR) is 190 cm³/mol. The highest BCUT2D eigenvalue weighted by Crippen LogP contribution is 2.40. The van der Waals surface area contributed by atoms with E-state index in [0.29, 0.717) is 0 Å². The number of aromatic nitrogens is 1. The maximum Gasteiger partial charge on any atom is 0.137 e. The summed E-state index contributed by atoms with van der Waals surface area (Å²) in [5, 5.41) is 4.78. The van der Waals surface area contributed by atoms with Crippen LogP contribution in [0.1, 0.15) is 0 Å². The van der Waals surface area contributed by atoms with Gasteiger partial charge in [0.15, 0.2) is 0 Å². The van der Waals surface area contributed by atoms with Crippen molar-refractivity contribution >= 4 is 70.5 Å². The topological polar surface area (TPSA) is 29.3 Å². The summed E-state index contributed by atoms with van der Waals surface area (Å²) in [4.78, 5) is 7.13. The minimum Gasteiger partial charge on any atom is -0.456 e. The first-order valence-electron chi connectivity index (χ1n) is 15.0. The Balaban J connectivity index is 1.14. The van der Waals surface area contributed by atoms with Crippen molar-refractivity contribution in [3.63, 3.8) is 0 Å². The fourth-order valence-corrected chi connectivity index (χ4v) is 7.36. The van der Waals surface area contributed by atoms with Gasteiger partial charge in [0.05, 0.1) is 10.4 Å². The normalized spacial score (nSPS) is 11.6. The molecule has 0 fully saturated rings. The molecule has 0 aliphatic heterocycles. The summed E-state index contributed by atoms with van der Waals surface area (Å²) in [5.74, 6) is 0. The molecule has 212 valence electrons. The summed E-state index contributed by atoms with van der Waals surface area (Å²) >= 11 is 1.79. The summed E-state index contributed by atoms with van der Waals surface area (Å²) in [7, 11) is 0. The van der Waals surface area contributed by atoms with Crippen LogP contribution in [0.5, 0.6) is 0 Å². The zero-order chi connectivity index (χ0) is 29.7. The second-order valence-electron chi connectivity index (χ2n) is 11.2. The van der Waals surface area contributed by atoms with Crippen LogP contribution >= 0.6 is 11.3 Å². The molecule has 45 heavy (non-hydrogen) atoms.